The number of aromatic nitrogens is 3. The molecule has 0 aromatic carbocycles. The van der Waals surface area contributed by atoms with Crippen LogP contribution in [0.25, 0.3) is 0 Å². The molecule has 0 unspecified atom stereocenters. The second kappa shape index (κ2) is 7.57. The summed E-state index contributed by atoms with van der Waals surface area (Å²) in [7, 11) is 0. The van der Waals surface area contributed by atoms with Crippen LogP contribution in [-0.2, 0) is 13.0 Å². The Balaban J connectivity index is 2.06. The van der Waals surface area contributed by atoms with Crippen molar-refractivity contribution in [1.82, 2.24) is 19.7 Å². The number of nitrogens with one attached hydrogen (secondary N) is 1. The van der Waals surface area contributed by atoms with Gasteiger partial charge in [-0.2, -0.15) is 4.37 Å². The molecule has 2 heterocycles. The third kappa shape index (κ3) is 4.26. The highest BCUT2D eigenvalue weighted by Gasteiger charge is 2.09. The molecule has 0 aliphatic heterocycles. The van der Waals surface area contributed by atoms with E-state index in [1.165, 1.54) is 17.1 Å². The van der Waals surface area contributed by atoms with Gasteiger partial charge in [0.05, 0.1) is 0 Å². The average Bonchev–Trinajstić information content (AvgIpc) is 2.89. The van der Waals surface area contributed by atoms with Crippen LogP contribution in [0.2, 0.25) is 0 Å². The maximum atomic E-state index is 4.47. The second-order valence-electron chi connectivity index (χ2n) is 4.08. The normalized spacial score (nSPS) is 10.8. The van der Waals surface area contributed by atoms with Gasteiger partial charge in [-0.05, 0) is 47.9 Å². The zero-order valence-corrected chi connectivity index (χ0v) is 12.9. The van der Waals surface area contributed by atoms with Gasteiger partial charge >= 0.3 is 0 Å². The van der Waals surface area contributed by atoms with Gasteiger partial charge in [-0.3, -0.25) is 0 Å². The largest absolute Gasteiger partial charge is 0.313 e. The van der Waals surface area contributed by atoms with Crippen LogP contribution in [0.5, 0.6) is 0 Å². The first-order chi connectivity index (χ1) is 9.33. The number of rotatable bonds is 7. The van der Waals surface area contributed by atoms with Crippen molar-refractivity contribution in [3.05, 3.63) is 29.7 Å². The first-order valence-corrected chi connectivity index (χ1v) is 8.07. The van der Waals surface area contributed by atoms with E-state index in [-0.39, 0.29) is 0 Å². The highest BCUT2D eigenvalue weighted by molar-refractivity contribution is 8.00. The molecule has 0 atom stereocenters. The Hall–Kier alpha value is -0.980. The molecule has 0 aliphatic carbocycles. The average molecular weight is 294 g/mol. The molecule has 0 aliphatic rings. The van der Waals surface area contributed by atoms with Gasteiger partial charge in [0.2, 0.25) is 0 Å². The van der Waals surface area contributed by atoms with Gasteiger partial charge in [-0.25, -0.2) is 9.97 Å². The lowest BCUT2D eigenvalue weighted by molar-refractivity contribution is 0.665. The van der Waals surface area contributed by atoms with Crippen molar-refractivity contribution in [2.75, 3.05) is 6.54 Å². The molecule has 2 aromatic heterocycles. The molecular formula is C13H18N4S2. The summed E-state index contributed by atoms with van der Waals surface area (Å²) in [6, 6.07) is 4.09. The Bertz CT molecular complexity index is 513. The fraction of sp³-hybridized carbons (Fsp3) is 0.462. The number of hydrogen-bond acceptors (Lipinski definition) is 6. The standard InChI is InChI=1S/C13H18N4S2/c1-3-7-14-9-10-6-5-8-15-12(10)18-13-16-11(4-2)17-19-13/h5-6,8,14H,3-4,7,9H2,1-2H3. The predicted molar refractivity (Wildman–Crippen MR) is 79.6 cm³/mol. The second-order valence-corrected chi connectivity index (χ2v) is 6.06. The van der Waals surface area contributed by atoms with Crippen molar-refractivity contribution >= 4 is 23.3 Å². The Kier molecular flexibility index (Phi) is 5.75. The zero-order valence-electron chi connectivity index (χ0n) is 11.2. The highest BCUT2D eigenvalue weighted by Crippen LogP contribution is 2.29. The fourth-order valence-corrected chi connectivity index (χ4v) is 3.25. The van der Waals surface area contributed by atoms with E-state index in [0.29, 0.717) is 0 Å². The number of aryl methyl sites for hydroxylation is 1. The van der Waals surface area contributed by atoms with Crippen LogP contribution in [-0.4, -0.2) is 20.9 Å². The molecule has 102 valence electrons. The van der Waals surface area contributed by atoms with E-state index < -0.39 is 0 Å². The Morgan fingerprint density at radius 3 is 3.00 bits per heavy atom. The van der Waals surface area contributed by atoms with Crippen molar-refractivity contribution in [3.63, 3.8) is 0 Å². The summed E-state index contributed by atoms with van der Waals surface area (Å²) >= 11 is 3.05. The van der Waals surface area contributed by atoms with Crippen LogP contribution >= 0.6 is 23.3 Å². The molecule has 0 saturated carbocycles. The van der Waals surface area contributed by atoms with Gasteiger partial charge < -0.3 is 5.32 Å². The fourth-order valence-electron chi connectivity index (χ4n) is 1.56. The van der Waals surface area contributed by atoms with Gasteiger partial charge in [-0.1, -0.05) is 19.9 Å². The van der Waals surface area contributed by atoms with E-state index >= 15 is 0 Å². The number of hydrogen-bond donors (Lipinski definition) is 1. The zero-order chi connectivity index (χ0) is 13.5. The van der Waals surface area contributed by atoms with Crippen molar-refractivity contribution in [3.8, 4) is 0 Å². The predicted octanol–water partition coefficient (Wildman–Crippen LogP) is 3.15. The minimum atomic E-state index is 0.851. The van der Waals surface area contributed by atoms with E-state index in [2.05, 4.69) is 39.6 Å². The molecule has 6 heteroatoms. The molecule has 2 aromatic rings. The topological polar surface area (TPSA) is 50.7 Å². The number of nitrogens with zero attached hydrogens (tertiary/aromatic N) is 3. The van der Waals surface area contributed by atoms with E-state index in [1.54, 1.807) is 11.8 Å². The van der Waals surface area contributed by atoms with Gasteiger partial charge in [0, 0.05) is 19.2 Å². The molecule has 0 saturated heterocycles. The van der Waals surface area contributed by atoms with E-state index in [9.17, 15) is 0 Å². The molecule has 2 rings (SSSR count). The number of pyridine rings is 1. The maximum Gasteiger partial charge on any atom is 0.176 e. The van der Waals surface area contributed by atoms with Crippen LogP contribution in [0, 0.1) is 0 Å². The highest BCUT2D eigenvalue weighted by atomic mass is 32.2. The van der Waals surface area contributed by atoms with E-state index in [0.717, 1.165) is 41.1 Å². The quantitative estimate of drug-likeness (QED) is 0.795. The summed E-state index contributed by atoms with van der Waals surface area (Å²) < 4.78 is 5.27. The molecule has 0 spiro atoms. The lowest BCUT2D eigenvalue weighted by Crippen LogP contribution is -2.14. The van der Waals surface area contributed by atoms with Crippen LogP contribution in [0.3, 0.4) is 0 Å². The summed E-state index contributed by atoms with van der Waals surface area (Å²) in [5, 5.41) is 4.43. The summed E-state index contributed by atoms with van der Waals surface area (Å²) in [5.74, 6) is 0.911. The van der Waals surface area contributed by atoms with Gasteiger partial charge in [0.15, 0.2) is 4.34 Å². The molecular weight excluding hydrogens is 276 g/mol. The minimum absolute atomic E-state index is 0.851. The molecule has 0 fully saturated rings. The Morgan fingerprint density at radius 2 is 2.26 bits per heavy atom. The lowest BCUT2D eigenvalue weighted by atomic mass is 10.3. The summed E-state index contributed by atoms with van der Waals surface area (Å²) in [6.07, 6.45) is 3.84. The summed E-state index contributed by atoms with van der Waals surface area (Å²) in [6.45, 7) is 6.11. The van der Waals surface area contributed by atoms with Crippen LogP contribution < -0.4 is 5.32 Å². The van der Waals surface area contributed by atoms with Crippen LogP contribution in [0.15, 0.2) is 27.7 Å². The summed E-state index contributed by atoms with van der Waals surface area (Å²) in [4.78, 5) is 8.92. The van der Waals surface area contributed by atoms with Gasteiger partial charge in [0.1, 0.15) is 10.9 Å². The Labute approximate surface area is 122 Å². The van der Waals surface area contributed by atoms with Crippen LogP contribution in [0.1, 0.15) is 31.7 Å². The molecule has 1 N–H and O–H groups in total. The first-order valence-electron chi connectivity index (χ1n) is 6.48. The third-order valence-electron chi connectivity index (χ3n) is 2.54. The SMILES string of the molecule is CCCNCc1cccnc1Sc1nc(CC)ns1. The molecule has 0 radical (unpaired) electrons. The van der Waals surface area contributed by atoms with Crippen molar-refractivity contribution in [1.29, 1.82) is 0 Å². The van der Waals surface area contributed by atoms with Crippen molar-refractivity contribution < 1.29 is 0 Å². The maximum absolute atomic E-state index is 4.47. The first kappa shape index (κ1) is 14.4. The van der Waals surface area contributed by atoms with Crippen molar-refractivity contribution in [2.24, 2.45) is 0 Å². The van der Waals surface area contributed by atoms with Crippen molar-refractivity contribution in [2.45, 2.75) is 42.6 Å². The molecule has 0 amide bonds. The van der Waals surface area contributed by atoms with E-state index in [1.807, 2.05) is 12.3 Å². The molecule has 4 nitrogen and oxygen atoms in total. The van der Waals surface area contributed by atoms with E-state index in [4.69, 9.17) is 0 Å². The monoisotopic (exact) mass is 294 g/mol. The smallest absolute Gasteiger partial charge is 0.176 e. The molecule has 0 bridgehead atoms. The van der Waals surface area contributed by atoms with Gasteiger partial charge in [-0.15, -0.1) is 0 Å². The summed E-state index contributed by atoms with van der Waals surface area (Å²) in [5.41, 5.74) is 1.22. The third-order valence-corrected chi connectivity index (χ3v) is 4.39. The van der Waals surface area contributed by atoms with Crippen LogP contribution in [0.4, 0.5) is 0 Å². The molecule has 19 heavy (non-hydrogen) atoms. The lowest BCUT2D eigenvalue weighted by Gasteiger charge is -2.07. The Morgan fingerprint density at radius 1 is 1.37 bits per heavy atom. The minimum Gasteiger partial charge on any atom is -0.313 e. The van der Waals surface area contributed by atoms with Gasteiger partial charge in [0.25, 0.3) is 0 Å².